The summed E-state index contributed by atoms with van der Waals surface area (Å²) in [6.45, 7) is 4.82. The van der Waals surface area contributed by atoms with E-state index >= 15 is 0 Å². The van der Waals surface area contributed by atoms with Crippen molar-refractivity contribution in [1.82, 2.24) is 0 Å². The first-order valence-corrected chi connectivity index (χ1v) is 3.14. The van der Waals surface area contributed by atoms with Crippen LogP contribution in [-0.2, 0) is 14.3 Å². The summed E-state index contributed by atoms with van der Waals surface area (Å²) in [5.74, 6) is -1.28. The molecule has 0 aromatic heterocycles. The summed E-state index contributed by atoms with van der Waals surface area (Å²) in [6.07, 6.45) is 3.67. The maximum Gasteiger partial charge on any atom is 0.329 e. The fourth-order valence-electron chi connectivity index (χ4n) is 0.226. The van der Waals surface area contributed by atoms with Crippen LogP contribution in [0.4, 0.5) is 0 Å². The van der Waals surface area contributed by atoms with Crippen LogP contribution < -0.4 is 0 Å². The Balaban J connectivity index is 0. The minimum atomic E-state index is -0.891. The Hall–Kier alpha value is -1.58. The lowest BCUT2D eigenvalue weighted by atomic mass is 10.5. The number of hydrogen-bond acceptors (Lipinski definition) is 3. The van der Waals surface area contributed by atoms with E-state index in [0.29, 0.717) is 0 Å². The third kappa shape index (κ3) is 15.8. The van der Waals surface area contributed by atoms with Crippen molar-refractivity contribution in [3.05, 3.63) is 24.8 Å². The molecule has 12 heavy (non-hydrogen) atoms. The van der Waals surface area contributed by atoms with Crippen LogP contribution in [0.5, 0.6) is 0 Å². The number of methoxy groups -OCH3 is 1. The van der Waals surface area contributed by atoms with E-state index in [0.717, 1.165) is 12.2 Å². The maximum atomic E-state index is 9.84. The van der Waals surface area contributed by atoms with E-state index in [1.807, 2.05) is 0 Å². The Morgan fingerprint density at radius 2 is 2.00 bits per heavy atom. The van der Waals surface area contributed by atoms with Crippen molar-refractivity contribution in [3.63, 3.8) is 0 Å². The molecule has 0 heterocycles. The summed E-state index contributed by atoms with van der Waals surface area (Å²) in [7, 11) is 1.31. The van der Waals surface area contributed by atoms with E-state index in [1.54, 1.807) is 6.92 Å². The Morgan fingerprint density at radius 1 is 1.50 bits per heavy atom. The maximum absolute atomic E-state index is 9.84. The van der Waals surface area contributed by atoms with Crippen molar-refractivity contribution in [2.75, 3.05) is 7.11 Å². The van der Waals surface area contributed by atoms with Crippen LogP contribution in [0, 0.1) is 0 Å². The highest BCUT2D eigenvalue weighted by molar-refractivity contribution is 5.80. The van der Waals surface area contributed by atoms with Crippen LogP contribution in [0.25, 0.3) is 0 Å². The molecule has 0 aromatic carbocycles. The summed E-state index contributed by atoms with van der Waals surface area (Å²) in [6, 6.07) is 0. The number of aliphatic carboxylic acids is 1. The third-order valence-electron chi connectivity index (χ3n) is 0.677. The van der Waals surface area contributed by atoms with Gasteiger partial charge >= 0.3 is 11.9 Å². The Labute approximate surface area is 71.2 Å². The van der Waals surface area contributed by atoms with Gasteiger partial charge in [-0.15, -0.1) is 0 Å². The zero-order chi connectivity index (χ0) is 9.98. The monoisotopic (exact) mass is 172 g/mol. The van der Waals surface area contributed by atoms with Crippen molar-refractivity contribution in [2.24, 2.45) is 0 Å². The molecule has 0 rings (SSSR count). The van der Waals surface area contributed by atoms with Gasteiger partial charge in [0.05, 0.1) is 7.11 Å². The number of ether oxygens (including phenoxy) is 1. The molecule has 68 valence electrons. The normalized spacial score (nSPS) is 8.17. The predicted molar refractivity (Wildman–Crippen MR) is 44.7 cm³/mol. The van der Waals surface area contributed by atoms with Crippen molar-refractivity contribution in [3.8, 4) is 0 Å². The number of carboxylic acids is 1. The van der Waals surface area contributed by atoms with Gasteiger partial charge in [-0.25, -0.2) is 9.59 Å². The summed E-state index contributed by atoms with van der Waals surface area (Å²) in [5, 5.41) is 7.83. The quantitative estimate of drug-likeness (QED) is 0.498. The highest BCUT2D eigenvalue weighted by Crippen LogP contribution is 1.67. The first-order valence-electron chi connectivity index (χ1n) is 3.14. The van der Waals surface area contributed by atoms with Crippen LogP contribution in [-0.4, -0.2) is 24.2 Å². The zero-order valence-corrected chi connectivity index (χ0v) is 7.11. The largest absolute Gasteiger partial charge is 0.478 e. The molecule has 1 N–H and O–H groups in total. The summed E-state index contributed by atoms with van der Waals surface area (Å²) >= 11 is 0. The number of carbonyl (C=O) groups is 2. The van der Waals surface area contributed by atoms with Crippen LogP contribution in [0.1, 0.15) is 6.92 Å². The van der Waals surface area contributed by atoms with Crippen LogP contribution in [0.2, 0.25) is 0 Å². The molecule has 0 unspecified atom stereocenters. The number of allylic oxidation sites excluding steroid dienone is 1. The van der Waals surface area contributed by atoms with E-state index in [9.17, 15) is 9.59 Å². The average molecular weight is 172 g/mol. The molecular weight excluding hydrogens is 160 g/mol. The van der Waals surface area contributed by atoms with Crippen LogP contribution in [0.15, 0.2) is 24.8 Å². The first kappa shape index (κ1) is 13.0. The molecule has 0 spiro atoms. The SMILES string of the molecule is C/C=C/C(=O)O.C=CC(=O)OC. The van der Waals surface area contributed by atoms with Gasteiger partial charge in [0.1, 0.15) is 0 Å². The van der Waals surface area contributed by atoms with Gasteiger partial charge < -0.3 is 9.84 Å². The Kier molecular flexibility index (Phi) is 10.2. The van der Waals surface area contributed by atoms with Crippen LogP contribution in [0.3, 0.4) is 0 Å². The minimum Gasteiger partial charge on any atom is -0.478 e. The molecule has 0 fully saturated rings. The van der Waals surface area contributed by atoms with E-state index in [-0.39, 0.29) is 0 Å². The summed E-state index contributed by atoms with van der Waals surface area (Å²) in [4.78, 5) is 19.4. The Morgan fingerprint density at radius 3 is 2.00 bits per heavy atom. The van der Waals surface area contributed by atoms with Crippen molar-refractivity contribution >= 4 is 11.9 Å². The van der Waals surface area contributed by atoms with E-state index in [1.165, 1.54) is 13.2 Å². The fourth-order valence-corrected chi connectivity index (χ4v) is 0.226. The van der Waals surface area contributed by atoms with Gasteiger partial charge in [-0.2, -0.15) is 0 Å². The van der Waals surface area contributed by atoms with Gasteiger partial charge in [0.2, 0.25) is 0 Å². The Bertz CT molecular complexity index is 181. The van der Waals surface area contributed by atoms with Gasteiger partial charge in [-0.3, -0.25) is 0 Å². The van der Waals surface area contributed by atoms with Gasteiger partial charge in [0.15, 0.2) is 0 Å². The topological polar surface area (TPSA) is 63.6 Å². The second-order valence-electron chi connectivity index (χ2n) is 1.57. The molecule has 0 aliphatic carbocycles. The predicted octanol–water partition coefficient (Wildman–Crippen LogP) is 0.992. The average Bonchev–Trinajstić information content (AvgIpc) is 2.04. The second kappa shape index (κ2) is 9.42. The third-order valence-corrected chi connectivity index (χ3v) is 0.677. The van der Waals surface area contributed by atoms with E-state index in [2.05, 4.69) is 11.3 Å². The van der Waals surface area contributed by atoms with E-state index < -0.39 is 11.9 Å². The minimum absolute atomic E-state index is 0.394. The molecule has 4 heteroatoms. The standard InChI is InChI=1S/2C4H6O2/c1-3-4(5)6-2;1-2-3-4(5)6/h3H,1H2,2H3;2-3H,1H3,(H,5,6)/b;3-2+. The van der Waals surface area contributed by atoms with E-state index in [4.69, 9.17) is 5.11 Å². The lowest BCUT2D eigenvalue weighted by molar-refractivity contribution is -0.135. The van der Waals surface area contributed by atoms with Gasteiger partial charge in [-0.05, 0) is 6.92 Å². The highest BCUT2D eigenvalue weighted by Gasteiger charge is 1.81. The van der Waals surface area contributed by atoms with Gasteiger partial charge in [0, 0.05) is 12.2 Å². The number of hydrogen-bond donors (Lipinski definition) is 1. The highest BCUT2D eigenvalue weighted by atomic mass is 16.5. The molecule has 0 saturated carbocycles. The van der Waals surface area contributed by atoms with Gasteiger partial charge in [0.25, 0.3) is 0 Å². The smallest absolute Gasteiger partial charge is 0.329 e. The number of carboxylic acid groups (broad SMARTS) is 1. The van der Waals surface area contributed by atoms with Gasteiger partial charge in [-0.1, -0.05) is 12.7 Å². The summed E-state index contributed by atoms with van der Waals surface area (Å²) < 4.78 is 4.14. The molecule has 0 aliphatic heterocycles. The molecule has 0 amide bonds. The molecule has 4 nitrogen and oxygen atoms in total. The van der Waals surface area contributed by atoms with Crippen molar-refractivity contribution < 1.29 is 19.4 Å². The lowest BCUT2D eigenvalue weighted by Gasteiger charge is -1.83. The molecule has 0 aromatic rings. The molecule has 0 radical (unpaired) electrons. The number of carbonyl (C=O) groups excluding carboxylic acids is 1. The molecule has 0 saturated heterocycles. The van der Waals surface area contributed by atoms with Crippen molar-refractivity contribution in [2.45, 2.75) is 6.92 Å². The van der Waals surface area contributed by atoms with Crippen molar-refractivity contribution in [1.29, 1.82) is 0 Å². The second-order valence-corrected chi connectivity index (χ2v) is 1.57. The first-order chi connectivity index (χ1) is 5.58. The fraction of sp³-hybridized carbons (Fsp3) is 0.250. The lowest BCUT2D eigenvalue weighted by Crippen LogP contribution is -1.91. The summed E-state index contributed by atoms with van der Waals surface area (Å²) in [5.41, 5.74) is 0. The molecule has 0 aliphatic rings. The van der Waals surface area contributed by atoms with Crippen LogP contribution >= 0.6 is 0 Å². The number of esters is 1. The molecule has 0 atom stereocenters. The molecular formula is C8H12O4. The molecule has 0 bridgehead atoms. The zero-order valence-electron chi connectivity index (χ0n) is 7.11. The number of rotatable bonds is 2.